The van der Waals surface area contributed by atoms with E-state index in [0.29, 0.717) is 19.3 Å². The lowest BCUT2D eigenvalue weighted by molar-refractivity contribution is -0.135. The van der Waals surface area contributed by atoms with Crippen LogP contribution in [0.2, 0.25) is 0 Å². The van der Waals surface area contributed by atoms with Gasteiger partial charge in [0.05, 0.1) is 17.7 Å². The molecule has 11 nitrogen and oxygen atoms in total. The van der Waals surface area contributed by atoms with Gasteiger partial charge in [-0.3, -0.25) is 14.4 Å². The molecular formula is C22H38N4O7. The third-order valence-corrected chi connectivity index (χ3v) is 5.10. The minimum absolute atomic E-state index is 0.0190. The van der Waals surface area contributed by atoms with Gasteiger partial charge in [0.1, 0.15) is 18.4 Å². The van der Waals surface area contributed by atoms with Crippen LogP contribution in [0.1, 0.15) is 60.8 Å². The van der Waals surface area contributed by atoms with Crippen LogP contribution in [0.25, 0.3) is 0 Å². The van der Waals surface area contributed by atoms with Gasteiger partial charge in [-0.05, 0) is 52.9 Å². The van der Waals surface area contributed by atoms with Crippen LogP contribution in [0.5, 0.6) is 0 Å². The zero-order valence-corrected chi connectivity index (χ0v) is 20.3. The van der Waals surface area contributed by atoms with Crippen LogP contribution in [0.15, 0.2) is 0 Å². The Balaban J connectivity index is 2.93. The maximum Gasteiger partial charge on any atom is 0.405 e. The van der Waals surface area contributed by atoms with Crippen molar-refractivity contribution in [3.05, 3.63) is 0 Å². The highest BCUT2D eigenvalue weighted by Gasteiger charge is 2.34. The summed E-state index contributed by atoms with van der Waals surface area (Å²) >= 11 is 0. The van der Waals surface area contributed by atoms with E-state index in [9.17, 15) is 29.1 Å². The van der Waals surface area contributed by atoms with E-state index >= 15 is 0 Å². The summed E-state index contributed by atoms with van der Waals surface area (Å²) in [5.74, 6) is -1.79. The number of hydrogen-bond donors (Lipinski definition) is 5. The number of carboxylic acid groups (broad SMARTS) is 1. The van der Waals surface area contributed by atoms with Crippen LogP contribution in [-0.4, -0.2) is 71.6 Å². The molecule has 1 rings (SSSR count). The summed E-state index contributed by atoms with van der Waals surface area (Å²) in [5, 5.41) is 19.2. The van der Waals surface area contributed by atoms with Gasteiger partial charge >= 0.3 is 6.09 Å². The molecule has 1 aliphatic heterocycles. The van der Waals surface area contributed by atoms with Gasteiger partial charge in [0.2, 0.25) is 17.7 Å². The fourth-order valence-electron chi connectivity index (χ4n) is 3.73. The number of amides is 4. The Morgan fingerprint density at radius 2 is 1.79 bits per heavy atom. The predicted octanol–water partition coefficient (Wildman–Crippen LogP) is 0.567. The highest BCUT2D eigenvalue weighted by molar-refractivity contribution is 5.92. The average Bonchev–Trinajstić information content (AvgIpc) is 3.07. The maximum absolute atomic E-state index is 13.0. The predicted molar refractivity (Wildman–Crippen MR) is 120 cm³/mol. The van der Waals surface area contributed by atoms with E-state index in [0.717, 1.165) is 0 Å². The summed E-state index contributed by atoms with van der Waals surface area (Å²) in [5.41, 5.74) is -0.628. The third kappa shape index (κ3) is 10.2. The molecule has 0 spiro atoms. The summed E-state index contributed by atoms with van der Waals surface area (Å²) in [6.07, 6.45) is -0.622. The van der Waals surface area contributed by atoms with Crippen molar-refractivity contribution in [3.8, 4) is 0 Å². The Bertz CT molecular complexity index is 720. The van der Waals surface area contributed by atoms with Crippen molar-refractivity contribution in [1.29, 1.82) is 0 Å². The molecular weight excluding hydrogens is 432 g/mol. The van der Waals surface area contributed by atoms with Crippen LogP contribution in [0, 0.1) is 11.8 Å². The van der Waals surface area contributed by atoms with Crippen molar-refractivity contribution >= 4 is 30.1 Å². The normalized spacial score (nSPS) is 19.7. The third-order valence-electron chi connectivity index (χ3n) is 5.10. The fourth-order valence-corrected chi connectivity index (χ4v) is 3.73. The second kappa shape index (κ2) is 12.5. The second-order valence-corrected chi connectivity index (χ2v) is 9.82. The van der Waals surface area contributed by atoms with Crippen LogP contribution < -0.4 is 21.3 Å². The number of aldehydes is 1. The Labute approximate surface area is 194 Å². The van der Waals surface area contributed by atoms with Gasteiger partial charge in [-0.15, -0.1) is 0 Å². The van der Waals surface area contributed by atoms with Gasteiger partial charge in [0, 0.05) is 12.5 Å². The molecule has 5 atom stereocenters. The quantitative estimate of drug-likeness (QED) is 0.260. The van der Waals surface area contributed by atoms with Gasteiger partial charge < -0.3 is 35.9 Å². The molecule has 11 heteroatoms. The second-order valence-electron chi connectivity index (χ2n) is 9.82. The SMILES string of the molecule is CC(C)CC(NC(=O)[C@@H](NC(=O)O)[C@@H](C)OC(C)(C)C)C(=O)NC(C=O)CC1CCNC1=O. The van der Waals surface area contributed by atoms with E-state index in [-0.39, 0.29) is 30.6 Å². The van der Waals surface area contributed by atoms with E-state index in [2.05, 4.69) is 21.3 Å². The Morgan fingerprint density at radius 3 is 2.24 bits per heavy atom. The van der Waals surface area contributed by atoms with Crippen LogP contribution in [0.4, 0.5) is 4.79 Å². The standard InChI is InChI=1S/C22H38N4O7/c1-12(2)9-16(19(29)24-15(11-27)10-14-7-8-23-18(14)28)25-20(30)17(26-21(31)32)13(3)33-22(4,5)6/h11-17,26H,7-10H2,1-6H3,(H,23,28)(H,24,29)(H,25,30)(H,31,32)/t13-,14?,15?,16?,17+/m1/s1. The monoisotopic (exact) mass is 470 g/mol. The smallest absolute Gasteiger partial charge is 0.405 e. The van der Waals surface area contributed by atoms with Crippen LogP contribution in [-0.2, 0) is 23.9 Å². The fraction of sp³-hybridized carbons (Fsp3) is 0.773. The van der Waals surface area contributed by atoms with E-state index in [1.54, 1.807) is 27.7 Å². The zero-order chi connectivity index (χ0) is 25.3. The van der Waals surface area contributed by atoms with Crippen molar-refractivity contribution in [2.24, 2.45) is 11.8 Å². The molecule has 0 bridgehead atoms. The first kappa shape index (κ1) is 28.3. The highest BCUT2D eigenvalue weighted by atomic mass is 16.5. The lowest BCUT2D eigenvalue weighted by atomic mass is 9.97. The molecule has 1 heterocycles. The number of carbonyl (C=O) groups excluding carboxylic acids is 4. The van der Waals surface area contributed by atoms with Crippen LogP contribution in [0.3, 0.4) is 0 Å². The average molecular weight is 471 g/mol. The first-order valence-corrected chi connectivity index (χ1v) is 11.2. The molecule has 0 aromatic heterocycles. The van der Waals surface area contributed by atoms with E-state index in [1.807, 2.05) is 13.8 Å². The van der Waals surface area contributed by atoms with Crippen LogP contribution >= 0.6 is 0 Å². The van der Waals surface area contributed by atoms with E-state index in [4.69, 9.17) is 4.74 Å². The van der Waals surface area contributed by atoms with Crippen molar-refractivity contribution < 1.29 is 33.8 Å². The summed E-state index contributed by atoms with van der Waals surface area (Å²) in [6.45, 7) is 11.2. The first-order chi connectivity index (χ1) is 15.2. The molecule has 1 saturated heterocycles. The summed E-state index contributed by atoms with van der Waals surface area (Å²) < 4.78 is 5.74. The lowest BCUT2D eigenvalue weighted by Gasteiger charge is -2.31. The summed E-state index contributed by atoms with van der Waals surface area (Å²) in [7, 11) is 0. The summed E-state index contributed by atoms with van der Waals surface area (Å²) in [6, 6.07) is -3.14. The van der Waals surface area contributed by atoms with Crippen molar-refractivity contribution in [1.82, 2.24) is 21.3 Å². The highest BCUT2D eigenvalue weighted by Crippen LogP contribution is 2.17. The van der Waals surface area contributed by atoms with E-state index in [1.165, 1.54) is 0 Å². The molecule has 0 aliphatic carbocycles. The number of rotatable bonds is 12. The minimum atomic E-state index is -1.40. The maximum atomic E-state index is 13.0. The zero-order valence-electron chi connectivity index (χ0n) is 20.3. The van der Waals surface area contributed by atoms with Gasteiger partial charge in [-0.1, -0.05) is 13.8 Å². The number of carbonyl (C=O) groups is 5. The molecule has 0 saturated carbocycles. The number of ether oxygens (including phenoxy) is 1. The van der Waals surface area contributed by atoms with E-state index < -0.39 is 47.7 Å². The molecule has 188 valence electrons. The lowest BCUT2D eigenvalue weighted by Crippen LogP contribution is -2.59. The Kier molecular flexibility index (Phi) is 10.8. The van der Waals surface area contributed by atoms with Crippen molar-refractivity contribution in [2.45, 2.75) is 90.6 Å². The number of nitrogens with one attached hydrogen (secondary N) is 4. The van der Waals surface area contributed by atoms with Gasteiger partial charge in [0.25, 0.3) is 0 Å². The van der Waals surface area contributed by atoms with Gasteiger partial charge in [-0.25, -0.2) is 4.79 Å². The Hall–Kier alpha value is -2.69. The molecule has 5 N–H and O–H groups in total. The number of hydrogen-bond acceptors (Lipinski definition) is 6. The summed E-state index contributed by atoms with van der Waals surface area (Å²) in [4.78, 5) is 60.5. The topological polar surface area (TPSA) is 163 Å². The molecule has 0 aromatic rings. The minimum Gasteiger partial charge on any atom is -0.465 e. The molecule has 1 aliphatic rings. The molecule has 0 aromatic carbocycles. The Morgan fingerprint density at radius 1 is 1.15 bits per heavy atom. The van der Waals surface area contributed by atoms with Gasteiger partial charge in [-0.2, -0.15) is 0 Å². The molecule has 33 heavy (non-hydrogen) atoms. The molecule has 3 unspecified atom stereocenters. The van der Waals surface area contributed by atoms with Gasteiger partial charge in [0.15, 0.2) is 0 Å². The van der Waals surface area contributed by atoms with Crippen molar-refractivity contribution in [3.63, 3.8) is 0 Å². The molecule has 4 amide bonds. The first-order valence-electron chi connectivity index (χ1n) is 11.2. The molecule has 1 fully saturated rings. The molecule has 0 radical (unpaired) electrons. The largest absolute Gasteiger partial charge is 0.465 e. The van der Waals surface area contributed by atoms with Crippen molar-refractivity contribution in [2.75, 3.05) is 6.54 Å².